The van der Waals surface area contributed by atoms with E-state index < -0.39 is 0 Å². The summed E-state index contributed by atoms with van der Waals surface area (Å²) in [7, 11) is 0. The first kappa shape index (κ1) is 20.8. The summed E-state index contributed by atoms with van der Waals surface area (Å²) in [6.45, 7) is 7.49. The molecule has 5 nitrogen and oxygen atoms in total. The molecule has 2 atom stereocenters. The SMILES string of the molecule is CC(C)(C)NC(=O)CN1C2CCC1CC(CNC(=O)C13CC4CC(CC(C4)C1)C3)C2. The molecule has 6 fully saturated rings. The Morgan fingerprint density at radius 3 is 1.93 bits per heavy atom. The predicted molar refractivity (Wildman–Crippen MR) is 118 cm³/mol. The van der Waals surface area contributed by atoms with Gasteiger partial charge in [0.15, 0.2) is 0 Å². The highest BCUT2D eigenvalue weighted by Gasteiger charge is 2.54. The van der Waals surface area contributed by atoms with Gasteiger partial charge in [0.1, 0.15) is 0 Å². The van der Waals surface area contributed by atoms with Crippen LogP contribution in [-0.4, -0.2) is 47.4 Å². The second kappa shape index (κ2) is 7.50. The molecule has 0 radical (unpaired) electrons. The third-order valence-corrected chi connectivity index (χ3v) is 8.89. The highest BCUT2D eigenvalue weighted by molar-refractivity contribution is 5.83. The van der Waals surface area contributed by atoms with Gasteiger partial charge in [-0.1, -0.05) is 0 Å². The second-order valence-electron chi connectivity index (χ2n) is 12.6. The van der Waals surface area contributed by atoms with Crippen LogP contribution in [0.5, 0.6) is 0 Å². The highest BCUT2D eigenvalue weighted by Crippen LogP contribution is 2.60. The lowest BCUT2D eigenvalue weighted by Crippen LogP contribution is -2.55. The van der Waals surface area contributed by atoms with Gasteiger partial charge in [-0.05, 0) is 109 Å². The molecule has 0 spiro atoms. The molecule has 0 aromatic rings. The molecule has 5 heteroatoms. The van der Waals surface area contributed by atoms with Crippen molar-refractivity contribution in [1.29, 1.82) is 0 Å². The number of carbonyl (C=O) groups excluding carboxylic acids is 2. The smallest absolute Gasteiger partial charge is 0.234 e. The molecule has 2 saturated heterocycles. The van der Waals surface area contributed by atoms with Gasteiger partial charge in [-0.3, -0.25) is 14.5 Å². The first-order chi connectivity index (χ1) is 14.2. The Hall–Kier alpha value is -1.10. The summed E-state index contributed by atoms with van der Waals surface area (Å²) in [5.74, 6) is 3.55. The molecule has 6 rings (SSSR count). The lowest BCUT2D eigenvalue weighted by atomic mass is 9.49. The first-order valence-corrected chi connectivity index (χ1v) is 12.5. The average molecular weight is 416 g/mol. The van der Waals surface area contributed by atoms with E-state index in [2.05, 4.69) is 15.5 Å². The summed E-state index contributed by atoms with van der Waals surface area (Å²) in [6.07, 6.45) is 12.3. The van der Waals surface area contributed by atoms with Crippen molar-refractivity contribution < 1.29 is 9.59 Å². The monoisotopic (exact) mass is 415 g/mol. The normalized spacial score (nSPS) is 42.4. The number of carbonyl (C=O) groups is 2. The predicted octanol–water partition coefficient (Wildman–Crippen LogP) is 3.48. The quantitative estimate of drug-likeness (QED) is 0.723. The van der Waals surface area contributed by atoms with Crippen LogP contribution in [0.1, 0.15) is 85.0 Å². The summed E-state index contributed by atoms with van der Waals surface area (Å²) in [6, 6.07) is 1.02. The van der Waals surface area contributed by atoms with Crippen molar-refractivity contribution in [3.05, 3.63) is 0 Å². The number of hydrogen-bond donors (Lipinski definition) is 2. The largest absolute Gasteiger partial charge is 0.355 e. The molecule has 6 bridgehead atoms. The summed E-state index contributed by atoms with van der Waals surface area (Å²) < 4.78 is 0. The number of rotatable bonds is 5. The molecule has 2 aliphatic heterocycles. The Balaban J connectivity index is 1.13. The maximum Gasteiger partial charge on any atom is 0.234 e. The van der Waals surface area contributed by atoms with Crippen molar-refractivity contribution in [2.45, 2.75) is 103 Å². The van der Waals surface area contributed by atoms with E-state index in [0.717, 1.165) is 56.4 Å². The van der Waals surface area contributed by atoms with E-state index in [9.17, 15) is 9.59 Å². The third kappa shape index (κ3) is 4.03. The zero-order valence-corrected chi connectivity index (χ0v) is 19.2. The molecule has 4 saturated carbocycles. The fourth-order valence-electron chi connectivity index (χ4n) is 8.25. The minimum Gasteiger partial charge on any atom is -0.355 e. The van der Waals surface area contributed by atoms with Crippen LogP contribution in [0.2, 0.25) is 0 Å². The van der Waals surface area contributed by atoms with E-state index in [1.165, 1.54) is 32.1 Å². The van der Waals surface area contributed by atoms with E-state index in [1.807, 2.05) is 20.8 Å². The number of hydrogen-bond acceptors (Lipinski definition) is 3. The van der Waals surface area contributed by atoms with Crippen LogP contribution in [0.15, 0.2) is 0 Å². The van der Waals surface area contributed by atoms with Crippen LogP contribution in [0.4, 0.5) is 0 Å². The molecular weight excluding hydrogens is 374 g/mol. The zero-order chi connectivity index (χ0) is 21.1. The summed E-state index contributed by atoms with van der Waals surface area (Å²) >= 11 is 0. The number of amides is 2. The second-order valence-corrected chi connectivity index (χ2v) is 12.6. The van der Waals surface area contributed by atoms with E-state index in [4.69, 9.17) is 0 Å². The fraction of sp³-hybridized carbons (Fsp3) is 0.920. The zero-order valence-electron chi connectivity index (χ0n) is 19.2. The molecule has 0 aromatic carbocycles. The Labute approximate surface area is 182 Å². The number of fused-ring (bicyclic) bond motifs is 2. The maximum atomic E-state index is 13.3. The Bertz CT molecular complexity index is 648. The standard InChI is InChI=1S/C25H41N3O2/c1-24(2,3)27-22(29)15-28-20-4-5-21(28)10-19(9-20)14-26-23(30)25-11-16-6-17(12-25)8-18(7-16)13-25/h16-21H,4-15H2,1-3H3,(H,26,30)(H,27,29). The highest BCUT2D eigenvalue weighted by atomic mass is 16.2. The van der Waals surface area contributed by atoms with E-state index in [1.54, 1.807) is 0 Å². The molecule has 6 aliphatic rings. The van der Waals surface area contributed by atoms with Crippen molar-refractivity contribution in [2.75, 3.05) is 13.1 Å². The minimum atomic E-state index is -0.171. The molecule has 2 heterocycles. The van der Waals surface area contributed by atoms with Gasteiger partial charge in [-0.25, -0.2) is 0 Å². The summed E-state index contributed by atoms with van der Waals surface area (Å²) in [4.78, 5) is 28.2. The summed E-state index contributed by atoms with van der Waals surface area (Å²) in [5, 5.41) is 6.54. The lowest BCUT2D eigenvalue weighted by molar-refractivity contribution is -0.146. The average Bonchev–Trinajstić information content (AvgIpc) is 2.85. The molecular formula is C25H41N3O2. The molecule has 2 N–H and O–H groups in total. The van der Waals surface area contributed by atoms with Crippen molar-refractivity contribution in [3.63, 3.8) is 0 Å². The molecule has 30 heavy (non-hydrogen) atoms. The molecule has 4 aliphatic carbocycles. The first-order valence-electron chi connectivity index (χ1n) is 12.5. The number of nitrogens with zero attached hydrogens (tertiary/aromatic N) is 1. The van der Waals surface area contributed by atoms with Crippen molar-refractivity contribution in [3.8, 4) is 0 Å². The minimum absolute atomic E-state index is 0.0283. The van der Waals surface area contributed by atoms with E-state index in [0.29, 0.717) is 30.5 Å². The van der Waals surface area contributed by atoms with Gasteiger partial charge >= 0.3 is 0 Å². The lowest BCUT2D eigenvalue weighted by Gasteiger charge is -2.55. The molecule has 0 aromatic heterocycles. The van der Waals surface area contributed by atoms with Crippen LogP contribution < -0.4 is 10.6 Å². The fourth-order valence-corrected chi connectivity index (χ4v) is 8.25. The van der Waals surface area contributed by atoms with Gasteiger partial charge in [-0.2, -0.15) is 0 Å². The van der Waals surface area contributed by atoms with Gasteiger partial charge in [0.05, 0.1) is 6.54 Å². The third-order valence-electron chi connectivity index (χ3n) is 8.89. The van der Waals surface area contributed by atoms with Crippen LogP contribution in [0, 0.1) is 29.1 Å². The van der Waals surface area contributed by atoms with Crippen molar-refractivity contribution in [2.24, 2.45) is 29.1 Å². The van der Waals surface area contributed by atoms with Crippen molar-refractivity contribution >= 4 is 11.8 Å². The number of piperidine rings is 1. The number of nitrogens with one attached hydrogen (secondary N) is 2. The molecule has 168 valence electrons. The molecule has 2 amide bonds. The van der Waals surface area contributed by atoms with Gasteiger partial charge in [0, 0.05) is 29.6 Å². The van der Waals surface area contributed by atoms with Gasteiger partial charge in [-0.15, -0.1) is 0 Å². The van der Waals surface area contributed by atoms with E-state index >= 15 is 0 Å². The van der Waals surface area contributed by atoms with Gasteiger partial charge < -0.3 is 10.6 Å². The Morgan fingerprint density at radius 1 is 0.900 bits per heavy atom. The maximum absolute atomic E-state index is 13.3. The van der Waals surface area contributed by atoms with Gasteiger partial charge in [0.25, 0.3) is 0 Å². The van der Waals surface area contributed by atoms with E-state index in [-0.39, 0.29) is 16.9 Å². The van der Waals surface area contributed by atoms with Crippen LogP contribution in [0.3, 0.4) is 0 Å². The van der Waals surface area contributed by atoms with Crippen LogP contribution in [0.25, 0.3) is 0 Å². The topological polar surface area (TPSA) is 61.4 Å². The Morgan fingerprint density at radius 2 is 1.43 bits per heavy atom. The van der Waals surface area contributed by atoms with Crippen molar-refractivity contribution in [1.82, 2.24) is 15.5 Å². The van der Waals surface area contributed by atoms with Gasteiger partial charge in [0.2, 0.25) is 11.8 Å². The Kier molecular flexibility index (Phi) is 5.19. The van der Waals surface area contributed by atoms with Crippen LogP contribution in [-0.2, 0) is 9.59 Å². The molecule has 2 unspecified atom stereocenters. The summed E-state index contributed by atoms with van der Waals surface area (Å²) in [5.41, 5.74) is -0.199. The van der Waals surface area contributed by atoms with Crippen LogP contribution >= 0.6 is 0 Å².